The second-order valence-electron chi connectivity index (χ2n) is 5.04. The molecule has 0 bridgehead atoms. The second kappa shape index (κ2) is 6.06. The Kier molecular flexibility index (Phi) is 4.60. The van der Waals surface area contributed by atoms with E-state index in [9.17, 15) is 4.79 Å². The van der Waals surface area contributed by atoms with Crippen molar-refractivity contribution in [1.82, 2.24) is 9.55 Å². The van der Waals surface area contributed by atoms with Crippen LogP contribution in [0, 0.1) is 5.92 Å². The molecule has 4 nitrogen and oxygen atoms in total. The van der Waals surface area contributed by atoms with Crippen LogP contribution < -0.4 is 0 Å². The van der Waals surface area contributed by atoms with Crippen molar-refractivity contribution in [2.75, 3.05) is 5.75 Å². The first-order chi connectivity index (χ1) is 9.41. The van der Waals surface area contributed by atoms with Gasteiger partial charge in [-0.2, -0.15) is 0 Å². The van der Waals surface area contributed by atoms with E-state index in [1.807, 2.05) is 18.2 Å². The number of carboxylic acid groups (broad SMARTS) is 1. The van der Waals surface area contributed by atoms with E-state index in [1.165, 1.54) is 11.8 Å². The summed E-state index contributed by atoms with van der Waals surface area (Å²) in [6.07, 6.45) is 0. The fourth-order valence-corrected chi connectivity index (χ4v) is 3.06. The number of nitrogens with zero attached hydrogens (tertiary/aromatic N) is 2. The highest BCUT2D eigenvalue weighted by Crippen LogP contribution is 2.34. The molecule has 0 aliphatic rings. The number of halogens is 1. The molecule has 0 aliphatic carbocycles. The third-order valence-electron chi connectivity index (χ3n) is 3.33. The van der Waals surface area contributed by atoms with Crippen molar-refractivity contribution < 1.29 is 9.90 Å². The third-order valence-corrected chi connectivity index (χ3v) is 4.57. The topological polar surface area (TPSA) is 55.1 Å². The van der Waals surface area contributed by atoms with Crippen LogP contribution in [0.5, 0.6) is 0 Å². The molecule has 108 valence electrons. The summed E-state index contributed by atoms with van der Waals surface area (Å²) in [5, 5.41) is 10.2. The van der Waals surface area contributed by atoms with Gasteiger partial charge in [-0.3, -0.25) is 4.79 Å². The highest BCUT2D eigenvalue weighted by Gasteiger charge is 2.20. The molecule has 1 atom stereocenters. The van der Waals surface area contributed by atoms with Gasteiger partial charge in [-0.1, -0.05) is 43.3 Å². The van der Waals surface area contributed by atoms with E-state index >= 15 is 0 Å². The van der Waals surface area contributed by atoms with E-state index in [0.29, 0.717) is 16.1 Å². The first-order valence-corrected chi connectivity index (χ1v) is 7.79. The van der Waals surface area contributed by atoms with Crippen molar-refractivity contribution in [1.29, 1.82) is 0 Å². The Hall–Kier alpha value is -1.20. The minimum absolute atomic E-state index is 0.00818. The molecule has 0 saturated heterocycles. The Bertz CT molecular complexity index is 639. The summed E-state index contributed by atoms with van der Waals surface area (Å²) in [5.74, 6) is -0.462. The van der Waals surface area contributed by atoms with Gasteiger partial charge in [0.1, 0.15) is 0 Å². The van der Waals surface area contributed by atoms with Gasteiger partial charge < -0.3 is 9.67 Å². The molecule has 0 aliphatic heterocycles. The number of carbonyl (C=O) groups is 1. The SMILES string of the molecule is CC(C)C(C)n1c(SCC(=O)O)nc2cccc(Cl)c21. The minimum atomic E-state index is -0.850. The average molecular weight is 313 g/mol. The zero-order valence-electron chi connectivity index (χ0n) is 11.6. The van der Waals surface area contributed by atoms with Crippen molar-refractivity contribution in [3.8, 4) is 0 Å². The Morgan fingerprint density at radius 1 is 1.45 bits per heavy atom. The lowest BCUT2D eigenvalue weighted by molar-refractivity contribution is -0.133. The number of fused-ring (bicyclic) bond motifs is 1. The number of hydrogen-bond acceptors (Lipinski definition) is 3. The van der Waals surface area contributed by atoms with Gasteiger partial charge in [0.15, 0.2) is 5.16 Å². The number of aromatic nitrogens is 2. The molecule has 1 unspecified atom stereocenters. The summed E-state index contributed by atoms with van der Waals surface area (Å²) < 4.78 is 2.05. The molecule has 2 aromatic rings. The molecule has 1 N–H and O–H groups in total. The van der Waals surface area contributed by atoms with Crippen LogP contribution in [-0.2, 0) is 4.79 Å². The standard InChI is InChI=1S/C14H17ClN2O2S/c1-8(2)9(3)17-13-10(15)5-4-6-11(13)16-14(17)20-7-12(18)19/h4-6,8-9H,7H2,1-3H3,(H,18,19). The van der Waals surface area contributed by atoms with Gasteiger partial charge in [-0.15, -0.1) is 0 Å². The van der Waals surface area contributed by atoms with Crippen LogP contribution in [0.25, 0.3) is 11.0 Å². The van der Waals surface area contributed by atoms with Gasteiger partial charge >= 0.3 is 5.97 Å². The van der Waals surface area contributed by atoms with Crippen LogP contribution in [0.4, 0.5) is 0 Å². The first kappa shape index (κ1) is 15.2. The van der Waals surface area contributed by atoms with Crippen LogP contribution in [0.15, 0.2) is 23.4 Å². The lowest BCUT2D eigenvalue weighted by atomic mass is 10.1. The number of rotatable bonds is 5. The molecular formula is C14H17ClN2O2S. The summed E-state index contributed by atoms with van der Waals surface area (Å²) in [6, 6.07) is 5.78. The lowest BCUT2D eigenvalue weighted by Crippen LogP contribution is -2.13. The number of para-hydroxylation sites is 1. The minimum Gasteiger partial charge on any atom is -0.481 e. The maximum Gasteiger partial charge on any atom is 0.313 e. The van der Waals surface area contributed by atoms with Gasteiger partial charge in [-0.25, -0.2) is 4.98 Å². The summed E-state index contributed by atoms with van der Waals surface area (Å²) in [6.45, 7) is 6.35. The Morgan fingerprint density at radius 3 is 2.75 bits per heavy atom. The Morgan fingerprint density at radius 2 is 2.15 bits per heavy atom. The van der Waals surface area contributed by atoms with Crippen molar-refractivity contribution in [3.05, 3.63) is 23.2 Å². The van der Waals surface area contributed by atoms with Crippen molar-refractivity contribution in [2.45, 2.75) is 32.0 Å². The second-order valence-corrected chi connectivity index (χ2v) is 6.39. The van der Waals surface area contributed by atoms with E-state index in [1.54, 1.807) is 0 Å². The summed E-state index contributed by atoms with van der Waals surface area (Å²) in [7, 11) is 0. The fourth-order valence-electron chi connectivity index (χ4n) is 1.99. The molecule has 0 fully saturated rings. The van der Waals surface area contributed by atoms with Crippen molar-refractivity contribution >= 4 is 40.4 Å². The largest absolute Gasteiger partial charge is 0.481 e. The van der Waals surface area contributed by atoms with Gasteiger partial charge in [0.2, 0.25) is 0 Å². The summed E-state index contributed by atoms with van der Waals surface area (Å²) in [5.41, 5.74) is 1.68. The highest BCUT2D eigenvalue weighted by molar-refractivity contribution is 7.99. The zero-order chi connectivity index (χ0) is 14.9. The van der Waals surface area contributed by atoms with E-state index in [4.69, 9.17) is 16.7 Å². The lowest BCUT2D eigenvalue weighted by Gasteiger charge is -2.21. The number of aliphatic carboxylic acids is 1. The smallest absolute Gasteiger partial charge is 0.313 e. The maximum atomic E-state index is 10.8. The highest BCUT2D eigenvalue weighted by atomic mass is 35.5. The Labute approximate surface area is 127 Å². The normalized spacial score (nSPS) is 13.1. The number of carboxylic acids is 1. The molecule has 1 aromatic carbocycles. The molecule has 0 amide bonds. The Balaban J connectivity index is 2.58. The van der Waals surface area contributed by atoms with Crippen LogP contribution in [0.2, 0.25) is 5.02 Å². The summed E-state index contributed by atoms with van der Waals surface area (Å²) >= 11 is 7.53. The molecule has 0 radical (unpaired) electrons. The summed E-state index contributed by atoms with van der Waals surface area (Å²) in [4.78, 5) is 15.3. The number of thioether (sulfide) groups is 1. The molecular weight excluding hydrogens is 296 g/mol. The van der Waals surface area contributed by atoms with E-state index in [2.05, 4.69) is 30.3 Å². The van der Waals surface area contributed by atoms with E-state index in [0.717, 1.165) is 11.0 Å². The monoisotopic (exact) mass is 312 g/mol. The zero-order valence-corrected chi connectivity index (χ0v) is 13.2. The molecule has 2 rings (SSSR count). The van der Waals surface area contributed by atoms with Gasteiger partial charge in [0.25, 0.3) is 0 Å². The predicted octanol–water partition coefficient (Wildman–Crippen LogP) is 4.08. The van der Waals surface area contributed by atoms with Gasteiger partial charge in [0, 0.05) is 6.04 Å². The molecule has 0 saturated carbocycles. The van der Waals surface area contributed by atoms with Crippen LogP contribution >= 0.6 is 23.4 Å². The van der Waals surface area contributed by atoms with Gasteiger partial charge in [-0.05, 0) is 25.0 Å². The predicted molar refractivity (Wildman–Crippen MR) is 82.7 cm³/mol. The number of hydrogen-bond donors (Lipinski definition) is 1. The number of imidazole rings is 1. The molecule has 1 aromatic heterocycles. The van der Waals surface area contributed by atoms with Gasteiger partial charge in [0.05, 0.1) is 21.8 Å². The van der Waals surface area contributed by atoms with E-state index in [-0.39, 0.29) is 11.8 Å². The van der Waals surface area contributed by atoms with Crippen LogP contribution in [0.1, 0.15) is 26.8 Å². The van der Waals surface area contributed by atoms with Crippen LogP contribution in [-0.4, -0.2) is 26.4 Å². The molecule has 0 spiro atoms. The van der Waals surface area contributed by atoms with Crippen molar-refractivity contribution in [2.24, 2.45) is 5.92 Å². The maximum absolute atomic E-state index is 10.8. The van der Waals surface area contributed by atoms with Crippen LogP contribution in [0.3, 0.4) is 0 Å². The quantitative estimate of drug-likeness (QED) is 0.845. The number of benzene rings is 1. The van der Waals surface area contributed by atoms with E-state index < -0.39 is 5.97 Å². The molecule has 20 heavy (non-hydrogen) atoms. The fraction of sp³-hybridized carbons (Fsp3) is 0.429. The third kappa shape index (κ3) is 2.94. The first-order valence-electron chi connectivity index (χ1n) is 6.43. The molecule has 6 heteroatoms. The van der Waals surface area contributed by atoms with Crippen molar-refractivity contribution in [3.63, 3.8) is 0 Å². The average Bonchev–Trinajstić information content (AvgIpc) is 2.75. The molecule has 1 heterocycles.